The number of ether oxygens (including phenoxy) is 2. The molecule has 0 saturated carbocycles. The summed E-state index contributed by atoms with van der Waals surface area (Å²) in [6.45, 7) is 3.91. The molecule has 3 aromatic rings. The van der Waals surface area contributed by atoms with Crippen LogP contribution in [0.4, 0.5) is 0 Å². The molecule has 1 aromatic heterocycles. The van der Waals surface area contributed by atoms with E-state index < -0.39 is 6.04 Å². The number of nitrogens with one attached hydrogen (secondary N) is 1. The standard InChI is InChI=1S/C21H22ClN3O4/c1-12(2)18(23-20(26)14-7-5-6-8-15(14)22)21-24-19(25-29-21)13-9-10-16(27-3)17(11-13)28-4/h5-12,18H,1-4H3,(H,23,26). The van der Waals surface area contributed by atoms with Gasteiger partial charge in [-0.2, -0.15) is 4.98 Å². The number of hydrogen-bond donors (Lipinski definition) is 1. The summed E-state index contributed by atoms with van der Waals surface area (Å²) in [5.41, 5.74) is 1.09. The molecule has 1 atom stereocenters. The largest absolute Gasteiger partial charge is 0.493 e. The second-order valence-electron chi connectivity index (χ2n) is 6.70. The highest BCUT2D eigenvalue weighted by Gasteiger charge is 2.26. The maximum absolute atomic E-state index is 12.7. The van der Waals surface area contributed by atoms with Gasteiger partial charge in [0.05, 0.1) is 24.8 Å². The van der Waals surface area contributed by atoms with Gasteiger partial charge in [0.1, 0.15) is 6.04 Å². The van der Waals surface area contributed by atoms with E-state index in [1.54, 1.807) is 50.6 Å². The minimum Gasteiger partial charge on any atom is -0.493 e. The van der Waals surface area contributed by atoms with Crippen molar-refractivity contribution < 1.29 is 18.8 Å². The first-order valence-corrected chi connectivity index (χ1v) is 9.43. The Hall–Kier alpha value is -3.06. The van der Waals surface area contributed by atoms with Crippen LogP contribution in [0.3, 0.4) is 0 Å². The van der Waals surface area contributed by atoms with Crippen molar-refractivity contribution in [3.8, 4) is 22.9 Å². The minimum atomic E-state index is -0.472. The maximum Gasteiger partial charge on any atom is 0.253 e. The van der Waals surface area contributed by atoms with Crippen molar-refractivity contribution in [2.75, 3.05) is 14.2 Å². The molecule has 29 heavy (non-hydrogen) atoms. The Balaban J connectivity index is 1.86. The van der Waals surface area contributed by atoms with E-state index in [0.29, 0.717) is 39.4 Å². The summed E-state index contributed by atoms with van der Waals surface area (Å²) >= 11 is 6.13. The first-order chi connectivity index (χ1) is 13.9. The van der Waals surface area contributed by atoms with Gasteiger partial charge < -0.3 is 19.3 Å². The highest BCUT2D eigenvalue weighted by molar-refractivity contribution is 6.33. The van der Waals surface area contributed by atoms with Crippen LogP contribution in [-0.2, 0) is 0 Å². The fraction of sp³-hybridized carbons (Fsp3) is 0.286. The van der Waals surface area contributed by atoms with Gasteiger partial charge in [-0.25, -0.2) is 0 Å². The van der Waals surface area contributed by atoms with E-state index in [4.69, 9.17) is 25.6 Å². The lowest BCUT2D eigenvalue weighted by Crippen LogP contribution is -2.32. The summed E-state index contributed by atoms with van der Waals surface area (Å²) in [5.74, 6) is 1.57. The fourth-order valence-electron chi connectivity index (χ4n) is 2.83. The fourth-order valence-corrected chi connectivity index (χ4v) is 3.05. The first-order valence-electron chi connectivity index (χ1n) is 9.06. The number of benzene rings is 2. The molecule has 3 rings (SSSR count). The highest BCUT2D eigenvalue weighted by atomic mass is 35.5. The van der Waals surface area contributed by atoms with Crippen LogP contribution in [-0.4, -0.2) is 30.3 Å². The van der Waals surface area contributed by atoms with Crippen molar-refractivity contribution in [3.63, 3.8) is 0 Å². The van der Waals surface area contributed by atoms with Gasteiger partial charge in [0.15, 0.2) is 11.5 Å². The Morgan fingerprint density at radius 3 is 2.48 bits per heavy atom. The molecule has 2 aromatic carbocycles. The van der Waals surface area contributed by atoms with E-state index in [2.05, 4.69) is 15.5 Å². The van der Waals surface area contributed by atoms with Crippen LogP contribution in [0.25, 0.3) is 11.4 Å². The molecule has 1 amide bonds. The van der Waals surface area contributed by atoms with Crippen molar-refractivity contribution in [3.05, 3.63) is 58.9 Å². The molecule has 8 heteroatoms. The summed E-state index contributed by atoms with van der Waals surface area (Å²) in [7, 11) is 3.13. The monoisotopic (exact) mass is 415 g/mol. The van der Waals surface area contributed by atoms with Gasteiger partial charge in [-0.15, -0.1) is 0 Å². The van der Waals surface area contributed by atoms with Crippen molar-refractivity contribution >= 4 is 17.5 Å². The van der Waals surface area contributed by atoms with Crippen LogP contribution in [0.15, 0.2) is 47.0 Å². The highest BCUT2D eigenvalue weighted by Crippen LogP contribution is 2.32. The SMILES string of the molecule is COc1ccc(-c2noc(C(NC(=O)c3ccccc3Cl)C(C)C)n2)cc1OC. The van der Waals surface area contributed by atoms with Crippen molar-refractivity contribution in [2.24, 2.45) is 5.92 Å². The minimum absolute atomic E-state index is 0.0140. The average Bonchev–Trinajstić information content (AvgIpc) is 3.21. The Kier molecular flexibility index (Phi) is 6.39. The molecule has 152 valence electrons. The van der Waals surface area contributed by atoms with E-state index in [1.807, 2.05) is 19.9 Å². The third-order valence-corrected chi connectivity index (χ3v) is 4.75. The molecule has 1 N–H and O–H groups in total. The number of rotatable bonds is 7. The number of carbonyl (C=O) groups excluding carboxylic acids is 1. The molecule has 0 spiro atoms. The summed E-state index contributed by atoms with van der Waals surface area (Å²) in [4.78, 5) is 17.1. The van der Waals surface area contributed by atoms with E-state index in [-0.39, 0.29) is 11.8 Å². The summed E-state index contributed by atoms with van der Waals surface area (Å²) < 4.78 is 16.0. The van der Waals surface area contributed by atoms with Crippen molar-refractivity contribution in [2.45, 2.75) is 19.9 Å². The molecule has 7 nitrogen and oxygen atoms in total. The first kappa shape index (κ1) is 20.7. The number of nitrogens with zero attached hydrogens (tertiary/aromatic N) is 2. The van der Waals surface area contributed by atoms with Gasteiger partial charge in [-0.05, 0) is 36.2 Å². The topological polar surface area (TPSA) is 86.5 Å². The third kappa shape index (κ3) is 4.51. The third-order valence-electron chi connectivity index (χ3n) is 4.42. The Morgan fingerprint density at radius 2 is 1.83 bits per heavy atom. The van der Waals surface area contributed by atoms with Crippen LogP contribution < -0.4 is 14.8 Å². The molecule has 0 aliphatic carbocycles. The molecule has 0 saturated heterocycles. The predicted molar refractivity (Wildman–Crippen MR) is 109 cm³/mol. The molecule has 0 fully saturated rings. The van der Waals surface area contributed by atoms with Gasteiger partial charge >= 0.3 is 0 Å². The lowest BCUT2D eigenvalue weighted by atomic mass is 10.0. The second kappa shape index (κ2) is 8.96. The molecule has 0 aliphatic heterocycles. The smallest absolute Gasteiger partial charge is 0.253 e. The molecule has 1 heterocycles. The summed E-state index contributed by atoms with van der Waals surface area (Å²) in [6.07, 6.45) is 0. The molecule has 0 radical (unpaired) electrons. The van der Waals surface area contributed by atoms with Crippen LogP contribution in [0.2, 0.25) is 5.02 Å². The zero-order valence-electron chi connectivity index (χ0n) is 16.6. The van der Waals surface area contributed by atoms with Crippen molar-refractivity contribution in [1.29, 1.82) is 0 Å². The lowest BCUT2D eigenvalue weighted by molar-refractivity contribution is 0.0914. The van der Waals surface area contributed by atoms with E-state index >= 15 is 0 Å². The van der Waals surface area contributed by atoms with Gasteiger partial charge in [-0.1, -0.05) is 42.7 Å². The number of methoxy groups -OCH3 is 2. The van der Waals surface area contributed by atoms with Crippen LogP contribution in [0.1, 0.15) is 36.1 Å². The Labute approximate surface area is 174 Å². The summed E-state index contributed by atoms with van der Waals surface area (Å²) in [5, 5.41) is 7.37. The van der Waals surface area contributed by atoms with Gasteiger partial charge in [-0.3, -0.25) is 4.79 Å². The Bertz CT molecular complexity index is 1000. The normalized spacial score (nSPS) is 11.9. The predicted octanol–water partition coefficient (Wildman–Crippen LogP) is 4.53. The lowest BCUT2D eigenvalue weighted by Gasteiger charge is -2.18. The second-order valence-corrected chi connectivity index (χ2v) is 7.11. The van der Waals surface area contributed by atoms with Crippen LogP contribution >= 0.6 is 11.6 Å². The van der Waals surface area contributed by atoms with Crippen LogP contribution in [0.5, 0.6) is 11.5 Å². The zero-order chi connectivity index (χ0) is 21.0. The maximum atomic E-state index is 12.7. The van der Waals surface area contributed by atoms with Gasteiger partial charge in [0.25, 0.3) is 5.91 Å². The summed E-state index contributed by atoms with van der Waals surface area (Å²) in [6, 6.07) is 11.7. The average molecular weight is 416 g/mol. The number of amides is 1. The number of halogens is 1. The van der Waals surface area contributed by atoms with Crippen molar-refractivity contribution in [1.82, 2.24) is 15.5 Å². The van der Waals surface area contributed by atoms with Gasteiger partial charge in [0.2, 0.25) is 11.7 Å². The quantitative estimate of drug-likeness (QED) is 0.609. The molecule has 1 unspecified atom stereocenters. The van der Waals surface area contributed by atoms with E-state index in [9.17, 15) is 4.79 Å². The number of hydrogen-bond acceptors (Lipinski definition) is 6. The molecular weight excluding hydrogens is 394 g/mol. The molecular formula is C21H22ClN3O4. The Morgan fingerprint density at radius 1 is 1.10 bits per heavy atom. The molecule has 0 bridgehead atoms. The zero-order valence-corrected chi connectivity index (χ0v) is 17.4. The van der Waals surface area contributed by atoms with Crippen LogP contribution in [0, 0.1) is 5.92 Å². The van der Waals surface area contributed by atoms with E-state index in [1.165, 1.54) is 0 Å². The molecule has 0 aliphatic rings. The number of carbonyl (C=O) groups is 1. The van der Waals surface area contributed by atoms with E-state index in [0.717, 1.165) is 0 Å². The number of aromatic nitrogens is 2. The van der Waals surface area contributed by atoms with Gasteiger partial charge in [0, 0.05) is 5.56 Å².